The third kappa shape index (κ3) is 5.85. The molecule has 1 saturated carbocycles. The molecular weight excluding hydrogens is 278 g/mol. The van der Waals surface area contributed by atoms with Crippen LogP contribution in [0.1, 0.15) is 39.0 Å². The second kappa shape index (κ2) is 10.5. The molecule has 0 aliphatic heterocycles. The third-order valence-corrected chi connectivity index (χ3v) is 4.22. The van der Waals surface area contributed by atoms with Crippen LogP contribution in [0, 0.1) is 0 Å². The average molecular weight is 309 g/mol. The van der Waals surface area contributed by atoms with Crippen molar-refractivity contribution in [2.75, 3.05) is 27.9 Å². The van der Waals surface area contributed by atoms with Crippen molar-refractivity contribution >= 4 is 0 Å². The zero-order valence-corrected chi connectivity index (χ0v) is 14.5. The quantitative estimate of drug-likeness (QED) is 0.522. The van der Waals surface area contributed by atoms with Gasteiger partial charge in [-0.2, -0.15) is 0 Å². The molecule has 126 valence electrons. The first-order chi connectivity index (χ1) is 10.7. The second-order valence-electron chi connectivity index (χ2n) is 5.54. The SMILES string of the molecule is C=C(OC)/C(=C\C(=C/C)CCOC1CCCCC1NC)OC. The standard InChI is InChI=1S/C18H31NO3/c1-6-15(13-18(21-5)14(2)20-4)11-12-22-17-10-8-7-9-16(17)19-3/h6,13,16-17,19H,2,7-12H2,1,3-5H3/b15-6-,18-13+. The minimum Gasteiger partial charge on any atom is -0.494 e. The zero-order chi connectivity index (χ0) is 16.4. The summed E-state index contributed by atoms with van der Waals surface area (Å²) in [6, 6.07) is 0.487. The van der Waals surface area contributed by atoms with E-state index in [4.69, 9.17) is 14.2 Å². The number of nitrogens with one attached hydrogen (secondary N) is 1. The van der Waals surface area contributed by atoms with Gasteiger partial charge in [0, 0.05) is 6.04 Å². The molecule has 0 spiro atoms. The minimum absolute atomic E-state index is 0.330. The first-order valence-corrected chi connectivity index (χ1v) is 8.09. The summed E-state index contributed by atoms with van der Waals surface area (Å²) >= 11 is 0. The van der Waals surface area contributed by atoms with Gasteiger partial charge in [-0.1, -0.05) is 25.5 Å². The molecule has 0 bridgehead atoms. The summed E-state index contributed by atoms with van der Waals surface area (Å²) in [5.74, 6) is 1.19. The summed E-state index contributed by atoms with van der Waals surface area (Å²) in [6.07, 6.45) is 10.1. The Bertz CT molecular complexity index is 401. The van der Waals surface area contributed by atoms with Crippen molar-refractivity contribution in [3.8, 4) is 0 Å². The molecule has 1 fully saturated rings. The maximum atomic E-state index is 6.09. The van der Waals surface area contributed by atoms with E-state index in [9.17, 15) is 0 Å². The lowest BCUT2D eigenvalue weighted by Crippen LogP contribution is -2.41. The highest BCUT2D eigenvalue weighted by Gasteiger charge is 2.23. The Balaban J connectivity index is 2.50. The van der Waals surface area contributed by atoms with Crippen LogP contribution in [0.2, 0.25) is 0 Å². The fourth-order valence-corrected chi connectivity index (χ4v) is 2.78. The molecule has 0 aromatic heterocycles. The lowest BCUT2D eigenvalue weighted by Gasteiger charge is -2.31. The molecule has 0 aromatic rings. The normalized spacial score (nSPS) is 23.3. The number of rotatable bonds is 9. The minimum atomic E-state index is 0.330. The lowest BCUT2D eigenvalue weighted by molar-refractivity contribution is 0.00897. The van der Waals surface area contributed by atoms with Gasteiger partial charge >= 0.3 is 0 Å². The maximum Gasteiger partial charge on any atom is 0.160 e. The van der Waals surface area contributed by atoms with Gasteiger partial charge in [0.1, 0.15) is 0 Å². The summed E-state index contributed by atoms with van der Waals surface area (Å²) in [5.41, 5.74) is 1.16. The predicted molar refractivity (Wildman–Crippen MR) is 90.7 cm³/mol. The number of likely N-dealkylation sites (N-methyl/N-ethyl adjacent to an activating group) is 1. The van der Waals surface area contributed by atoms with E-state index in [1.807, 2.05) is 20.0 Å². The highest BCUT2D eigenvalue weighted by molar-refractivity contribution is 5.28. The van der Waals surface area contributed by atoms with Crippen LogP contribution in [0.15, 0.2) is 35.8 Å². The average Bonchev–Trinajstić information content (AvgIpc) is 2.57. The molecule has 4 heteroatoms. The van der Waals surface area contributed by atoms with E-state index in [-0.39, 0.29) is 0 Å². The van der Waals surface area contributed by atoms with E-state index in [2.05, 4.69) is 18.0 Å². The smallest absolute Gasteiger partial charge is 0.160 e. The molecule has 1 N–H and O–H groups in total. The molecule has 2 unspecified atom stereocenters. The van der Waals surface area contributed by atoms with E-state index in [0.29, 0.717) is 23.7 Å². The second-order valence-corrected chi connectivity index (χ2v) is 5.54. The maximum absolute atomic E-state index is 6.09. The van der Waals surface area contributed by atoms with Gasteiger partial charge in [0.25, 0.3) is 0 Å². The number of ether oxygens (including phenoxy) is 3. The number of hydrogen-bond acceptors (Lipinski definition) is 4. The topological polar surface area (TPSA) is 39.7 Å². The largest absolute Gasteiger partial charge is 0.494 e. The fourth-order valence-electron chi connectivity index (χ4n) is 2.78. The molecule has 2 atom stereocenters. The van der Waals surface area contributed by atoms with Gasteiger partial charge in [-0.25, -0.2) is 0 Å². The van der Waals surface area contributed by atoms with Crippen molar-refractivity contribution in [1.29, 1.82) is 0 Å². The summed E-state index contributed by atoms with van der Waals surface area (Å²) in [6.45, 7) is 6.56. The molecule has 1 aliphatic carbocycles. The molecule has 0 amide bonds. The van der Waals surface area contributed by atoms with Crippen LogP contribution in [0.25, 0.3) is 0 Å². The number of hydrogen-bond donors (Lipinski definition) is 1. The Hall–Kier alpha value is -1.26. The van der Waals surface area contributed by atoms with Gasteiger partial charge < -0.3 is 19.5 Å². The highest BCUT2D eigenvalue weighted by Crippen LogP contribution is 2.22. The molecule has 0 heterocycles. The van der Waals surface area contributed by atoms with Gasteiger partial charge in [-0.15, -0.1) is 0 Å². The lowest BCUT2D eigenvalue weighted by atomic mass is 9.92. The first-order valence-electron chi connectivity index (χ1n) is 8.09. The summed E-state index contributed by atoms with van der Waals surface area (Å²) in [7, 11) is 5.24. The van der Waals surface area contributed by atoms with E-state index in [0.717, 1.165) is 25.0 Å². The van der Waals surface area contributed by atoms with Crippen LogP contribution >= 0.6 is 0 Å². The van der Waals surface area contributed by atoms with Crippen molar-refractivity contribution in [1.82, 2.24) is 5.32 Å². The van der Waals surface area contributed by atoms with Crippen LogP contribution in [0.4, 0.5) is 0 Å². The molecule has 1 aliphatic rings. The highest BCUT2D eigenvalue weighted by atomic mass is 16.5. The van der Waals surface area contributed by atoms with E-state index in [1.54, 1.807) is 14.2 Å². The molecule has 0 aromatic carbocycles. The third-order valence-electron chi connectivity index (χ3n) is 4.22. The monoisotopic (exact) mass is 309 g/mol. The van der Waals surface area contributed by atoms with Crippen molar-refractivity contribution < 1.29 is 14.2 Å². The number of methoxy groups -OCH3 is 2. The van der Waals surface area contributed by atoms with Crippen LogP contribution in [-0.4, -0.2) is 40.0 Å². The Labute approximate surface area is 135 Å². The van der Waals surface area contributed by atoms with Crippen LogP contribution < -0.4 is 5.32 Å². The zero-order valence-electron chi connectivity index (χ0n) is 14.5. The number of allylic oxidation sites excluding steroid dienone is 2. The summed E-state index contributed by atoms with van der Waals surface area (Å²) < 4.78 is 16.5. The van der Waals surface area contributed by atoms with Gasteiger partial charge in [0.15, 0.2) is 11.5 Å². The predicted octanol–water partition coefficient (Wildman–Crippen LogP) is 3.56. The van der Waals surface area contributed by atoms with Crippen LogP contribution in [-0.2, 0) is 14.2 Å². The Morgan fingerprint density at radius 3 is 2.55 bits per heavy atom. The summed E-state index contributed by atoms with van der Waals surface area (Å²) in [4.78, 5) is 0. The van der Waals surface area contributed by atoms with Crippen LogP contribution in [0.3, 0.4) is 0 Å². The van der Waals surface area contributed by atoms with Gasteiger partial charge in [-0.05, 0) is 44.9 Å². The summed E-state index contributed by atoms with van der Waals surface area (Å²) in [5, 5.41) is 3.37. The molecule has 22 heavy (non-hydrogen) atoms. The molecule has 1 rings (SSSR count). The molecule has 0 radical (unpaired) electrons. The van der Waals surface area contributed by atoms with Gasteiger partial charge in [-0.3, -0.25) is 0 Å². The van der Waals surface area contributed by atoms with E-state index < -0.39 is 0 Å². The fraction of sp³-hybridized carbons (Fsp3) is 0.667. The van der Waals surface area contributed by atoms with Crippen molar-refractivity contribution in [3.63, 3.8) is 0 Å². The Kier molecular flexibility index (Phi) is 8.94. The van der Waals surface area contributed by atoms with Crippen molar-refractivity contribution in [3.05, 3.63) is 35.8 Å². The van der Waals surface area contributed by atoms with E-state index in [1.165, 1.54) is 19.3 Å². The van der Waals surface area contributed by atoms with E-state index >= 15 is 0 Å². The van der Waals surface area contributed by atoms with Gasteiger partial charge in [0.05, 0.1) is 26.9 Å². The molecule has 0 saturated heterocycles. The Morgan fingerprint density at radius 2 is 1.95 bits per heavy atom. The van der Waals surface area contributed by atoms with Crippen molar-refractivity contribution in [2.45, 2.75) is 51.2 Å². The van der Waals surface area contributed by atoms with Crippen molar-refractivity contribution in [2.24, 2.45) is 0 Å². The van der Waals surface area contributed by atoms with Crippen LogP contribution in [0.5, 0.6) is 0 Å². The molecule has 4 nitrogen and oxygen atoms in total. The molecular formula is C18H31NO3. The Morgan fingerprint density at radius 1 is 1.23 bits per heavy atom. The first kappa shape index (κ1) is 18.8. The van der Waals surface area contributed by atoms with Gasteiger partial charge in [0.2, 0.25) is 0 Å².